The highest BCUT2D eigenvalue weighted by Crippen LogP contribution is 2.19. The van der Waals surface area contributed by atoms with E-state index in [-0.39, 0.29) is 23.6 Å². The largest absolute Gasteiger partial charge is 0.468 e. The maximum atomic E-state index is 12.6. The Morgan fingerprint density at radius 3 is 2.38 bits per heavy atom. The molecule has 0 spiro atoms. The number of benzene rings is 2. The number of hydrogen-bond acceptors (Lipinski definition) is 6. The number of rotatable bonds is 7. The van der Waals surface area contributed by atoms with E-state index in [9.17, 15) is 13.2 Å². The molecule has 0 saturated carbocycles. The van der Waals surface area contributed by atoms with Gasteiger partial charge < -0.3 is 9.47 Å². The first-order valence-corrected chi connectivity index (χ1v) is 10.4. The van der Waals surface area contributed by atoms with E-state index in [4.69, 9.17) is 9.47 Å². The first kappa shape index (κ1) is 20.8. The Morgan fingerprint density at radius 2 is 1.76 bits per heavy atom. The van der Waals surface area contributed by atoms with Crippen LogP contribution in [0.4, 0.5) is 0 Å². The fourth-order valence-corrected chi connectivity index (χ4v) is 3.86. The Morgan fingerprint density at radius 1 is 1.10 bits per heavy atom. The number of carbonyl (C=O) groups is 1. The van der Waals surface area contributed by atoms with Crippen molar-refractivity contribution in [3.63, 3.8) is 0 Å². The number of nitrogens with zero attached hydrogens (tertiary/aromatic N) is 2. The Kier molecular flexibility index (Phi) is 6.19. The van der Waals surface area contributed by atoms with E-state index < -0.39 is 16.1 Å². The fourth-order valence-electron chi connectivity index (χ4n) is 2.81. The molecule has 29 heavy (non-hydrogen) atoms. The molecule has 0 fully saturated rings. The molecule has 0 aromatic heterocycles. The van der Waals surface area contributed by atoms with Gasteiger partial charge in [-0.05, 0) is 36.8 Å². The van der Waals surface area contributed by atoms with Crippen LogP contribution in [-0.2, 0) is 26.0 Å². The number of carbonyl (C=O) groups excluding carboxylic acids is 1. The Hall–Kier alpha value is -2.91. The maximum Gasteiger partial charge on any atom is 0.264 e. The summed E-state index contributed by atoms with van der Waals surface area (Å²) in [5, 5.41) is 0. The first-order valence-electron chi connectivity index (χ1n) is 8.95. The van der Waals surface area contributed by atoms with Gasteiger partial charge in [-0.2, -0.15) is 0 Å². The van der Waals surface area contributed by atoms with E-state index in [2.05, 4.69) is 9.71 Å². The van der Waals surface area contributed by atoms with Gasteiger partial charge in [0.15, 0.2) is 6.79 Å². The van der Waals surface area contributed by atoms with Crippen molar-refractivity contribution in [1.29, 1.82) is 0 Å². The van der Waals surface area contributed by atoms with Gasteiger partial charge in [-0.15, -0.1) is 0 Å². The summed E-state index contributed by atoms with van der Waals surface area (Å²) >= 11 is 0. The van der Waals surface area contributed by atoms with Gasteiger partial charge in [0.05, 0.1) is 4.90 Å². The molecule has 154 valence electrons. The van der Waals surface area contributed by atoms with Crippen LogP contribution in [0.1, 0.15) is 11.1 Å². The number of sulfonamides is 1. The summed E-state index contributed by atoms with van der Waals surface area (Å²) in [5.41, 5.74) is 1.83. The van der Waals surface area contributed by atoms with Gasteiger partial charge >= 0.3 is 0 Å². The molecule has 0 bridgehead atoms. The first-order chi connectivity index (χ1) is 13.8. The molecule has 9 heteroatoms. The number of methoxy groups -OCH3 is 1. The van der Waals surface area contributed by atoms with Gasteiger partial charge in [0.2, 0.25) is 5.96 Å². The Balaban J connectivity index is 1.72. The van der Waals surface area contributed by atoms with Crippen molar-refractivity contribution in [2.75, 3.05) is 21.0 Å². The zero-order chi connectivity index (χ0) is 21.0. The van der Waals surface area contributed by atoms with E-state index in [0.717, 1.165) is 11.1 Å². The summed E-state index contributed by atoms with van der Waals surface area (Å²) in [6, 6.07) is 13.0. The zero-order valence-electron chi connectivity index (χ0n) is 16.5. The number of amides is 1. The molecular weight excluding hydrogens is 394 g/mol. The summed E-state index contributed by atoms with van der Waals surface area (Å²) in [7, 11) is -0.789. The Labute approximate surface area is 170 Å². The summed E-state index contributed by atoms with van der Waals surface area (Å²) in [5.74, 6) is 0.396. The van der Waals surface area contributed by atoms with Gasteiger partial charge in [-0.3, -0.25) is 9.69 Å². The van der Waals surface area contributed by atoms with Crippen molar-refractivity contribution in [3.8, 4) is 5.75 Å². The molecule has 2 aromatic carbocycles. The second kappa shape index (κ2) is 8.62. The lowest BCUT2D eigenvalue weighted by Gasteiger charge is -2.14. The topological polar surface area (TPSA) is 97.3 Å². The van der Waals surface area contributed by atoms with Crippen LogP contribution in [0.3, 0.4) is 0 Å². The highest BCUT2D eigenvalue weighted by molar-refractivity contribution is 7.90. The monoisotopic (exact) mass is 417 g/mol. The van der Waals surface area contributed by atoms with Crippen molar-refractivity contribution >= 4 is 21.9 Å². The zero-order valence-corrected chi connectivity index (χ0v) is 17.3. The third kappa shape index (κ3) is 4.93. The van der Waals surface area contributed by atoms with Gasteiger partial charge in [-0.1, -0.05) is 29.8 Å². The third-order valence-electron chi connectivity index (χ3n) is 4.46. The summed E-state index contributed by atoms with van der Waals surface area (Å²) in [4.78, 5) is 18.2. The van der Waals surface area contributed by atoms with Crippen molar-refractivity contribution in [2.24, 2.45) is 4.99 Å². The Bertz CT molecular complexity index is 1000. The minimum atomic E-state index is -3.83. The summed E-state index contributed by atoms with van der Waals surface area (Å²) in [6.45, 7) is 2.03. The van der Waals surface area contributed by atoms with Gasteiger partial charge in [0.1, 0.15) is 11.8 Å². The number of aryl methyl sites for hydroxylation is 1. The number of nitrogens with one attached hydrogen (secondary N) is 1. The molecule has 1 unspecified atom stereocenters. The lowest BCUT2D eigenvalue weighted by molar-refractivity contribution is -0.126. The SMILES string of the molecule is COCOc1ccc(CC2N=C(NS(=O)(=O)c3ccc(C)cc3)N(C)C2=O)cc1. The number of guanidine groups is 1. The molecule has 0 aliphatic carbocycles. The highest BCUT2D eigenvalue weighted by Gasteiger charge is 2.34. The van der Waals surface area contributed by atoms with Crippen molar-refractivity contribution in [1.82, 2.24) is 9.62 Å². The number of ether oxygens (including phenoxy) is 2. The molecule has 0 saturated heterocycles. The molecule has 3 rings (SSSR count). The van der Waals surface area contributed by atoms with E-state index >= 15 is 0 Å². The molecule has 1 aliphatic heterocycles. The minimum Gasteiger partial charge on any atom is -0.468 e. The van der Waals surface area contributed by atoms with E-state index in [0.29, 0.717) is 12.2 Å². The van der Waals surface area contributed by atoms with Crippen LogP contribution in [0.25, 0.3) is 0 Å². The van der Waals surface area contributed by atoms with Gasteiger partial charge in [0.25, 0.3) is 15.9 Å². The third-order valence-corrected chi connectivity index (χ3v) is 5.81. The number of likely N-dealkylation sites (N-methyl/N-ethyl adjacent to an activating group) is 1. The summed E-state index contributed by atoms with van der Waals surface area (Å²) < 4.78 is 37.8. The van der Waals surface area contributed by atoms with Crippen LogP contribution < -0.4 is 9.46 Å². The van der Waals surface area contributed by atoms with Gasteiger partial charge in [-0.25, -0.2) is 18.1 Å². The van der Waals surface area contributed by atoms with Crippen molar-refractivity contribution in [3.05, 3.63) is 59.7 Å². The number of hydrogen-bond donors (Lipinski definition) is 1. The molecule has 1 N–H and O–H groups in total. The van der Waals surface area contributed by atoms with Crippen LogP contribution in [0.5, 0.6) is 5.75 Å². The maximum absolute atomic E-state index is 12.6. The van der Waals surface area contributed by atoms with Crippen LogP contribution in [0.15, 0.2) is 58.4 Å². The van der Waals surface area contributed by atoms with Crippen LogP contribution in [-0.4, -0.2) is 52.2 Å². The predicted octanol–water partition coefficient (Wildman–Crippen LogP) is 1.70. The van der Waals surface area contributed by atoms with Crippen molar-refractivity contribution in [2.45, 2.75) is 24.3 Å². The summed E-state index contributed by atoms with van der Waals surface area (Å²) in [6.07, 6.45) is 0.351. The lowest BCUT2D eigenvalue weighted by atomic mass is 10.1. The quantitative estimate of drug-likeness (QED) is 0.692. The average molecular weight is 417 g/mol. The van der Waals surface area contributed by atoms with Crippen LogP contribution in [0.2, 0.25) is 0 Å². The van der Waals surface area contributed by atoms with Crippen molar-refractivity contribution < 1.29 is 22.7 Å². The second-order valence-corrected chi connectivity index (χ2v) is 8.37. The number of aliphatic imine (C=N–C) groups is 1. The molecular formula is C20H23N3O5S. The standard InChI is InChI=1S/C20H23N3O5S/c1-14-4-10-17(11-5-14)29(25,26)22-20-21-18(19(24)23(20)2)12-15-6-8-16(9-7-15)28-13-27-3/h4-11,18H,12-13H2,1-3H3,(H,21,22). The highest BCUT2D eigenvalue weighted by atomic mass is 32.2. The molecule has 8 nitrogen and oxygen atoms in total. The van der Waals surface area contributed by atoms with Crippen LogP contribution >= 0.6 is 0 Å². The fraction of sp³-hybridized carbons (Fsp3) is 0.300. The van der Waals surface area contributed by atoms with Gasteiger partial charge in [0, 0.05) is 20.6 Å². The van der Waals surface area contributed by atoms with E-state index in [1.54, 1.807) is 31.4 Å². The molecule has 1 atom stereocenters. The minimum absolute atomic E-state index is 0.0145. The van der Waals surface area contributed by atoms with Crippen LogP contribution in [0, 0.1) is 6.92 Å². The van der Waals surface area contributed by atoms with E-state index in [1.165, 1.54) is 24.1 Å². The molecule has 1 amide bonds. The molecule has 0 radical (unpaired) electrons. The second-order valence-electron chi connectivity index (χ2n) is 6.68. The predicted molar refractivity (Wildman–Crippen MR) is 108 cm³/mol. The average Bonchev–Trinajstić information content (AvgIpc) is 2.95. The normalized spacial score (nSPS) is 16.7. The lowest BCUT2D eigenvalue weighted by Crippen LogP contribution is -2.42. The molecule has 1 heterocycles. The molecule has 1 aliphatic rings. The smallest absolute Gasteiger partial charge is 0.264 e. The molecule has 2 aromatic rings. The van der Waals surface area contributed by atoms with E-state index in [1.807, 2.05) is 19.1 Å².